The van der Waals surface area contributed by atoms with Crippen molar-refractivity contribution in [2.45, 2.75) is 25.8 Å². The van der Waals surface area contributed by atoms with Crippen LogP contribution in [0.4, 0.5) is 0 Å². The van der Waals surface area contributed by atoms with E-state index in [0.717, 1.165) is 19.5 Å². The van der Waals surface area contributed by atoms with E-state index in [1.807, 2.05) is 11.8 Å². The Balaban J connectivity index is 2.27. The molecule has 14 heavy (non-hydrogen) atoms. The minimum Gasteiger partial charge on any atom is -0.384 e. The molecule has 1 unspecified atom stereocenters. The molecule has 0 aromatic carbocycles. The largest absolute Gasteiger partial charge is 0.384 e. The van der Waals surface area contributed by atoms with E-state index in [4.69, 9.17) is 10.5 Å². The molecule has 1 fully saturated rings. The quantitative estimate of drug-likeness (QED) is 0.706. The molecule has 0 aromatic rings. The average Bonchev–Trinajstić information content (AvgIpc) is 2.52. The lowest BCUT2D eigenvalue weighted by atomic mass is 10.1. The average molecular weight is 200 g/mol. The Morgan fingerprint density at radius 3 is 2.93 bits per heavy atom. The lowest BCUT2D eigenvalue weighted by molar-refractivity contribution is -0.131. The second kappa shape index (κ2) is 5.32. The number of hydrogen-bond donors (Lipinski definition) is 1. The molecule has 2 N–H and O–H groups in total. The fraction of sp³-hybridized carbons (Fsp3) is 0.900. The van der Waals surface area contributed by atoms with E-state index in [9.17, 15) is 4.79 Å². The van der Waals surface area contributed by atoms with E-state index >= 15 is 0 Å². The standard InChI is InChI=1S/C10H20N2O2/c1-8(7-14-2)5-10(13)12-4-3-9(11)6-12/h8-9H,3-7,11H2,1-2H3/t8?,9-/m0/s1. The van der Waals surface area contributed by atoms with Gasteiger partial charge in [0.2, 0.25) is 5.91 Å². The molecule has 0 aromatic heterocycles. The summed E-state index contributed by atoms with van der Waals surface area (Å²) in [6.07, 6.45) is 1.50. The van der Waals surface area contributed by atoms with Crippen molar-refractivity contribution >= 4 is 5.91 Å². The predicted molar refractivity (Wildman–Crippen MR) is 54.8 cm³/mol. The minimum atomic E-state index is 0.177. The van der Waals surface area contributed by atoms with E-state index in [2.05, 4.69) is 0 Å². The summed E-state index contributed by atoms with van der Waals surface area (Å²) in [7, 11) is 1.66. The second-order valence-corrected chi connectivity index (χ2v) is 4.15. The fourth-order valence-corrected chi connectivity index (χ4v) is 1.78. The number of methoxy groups -OCH3 is 1. The molecule has 1 amide bonds. The smallest absolute Gasteiger partial charge is 0.222 e. The summed E-state index contributed by atoms with van der Waals surface area (Å²) in [6, 6.07) is 0.177. The maximum atomic E-state index is 11.7. The molecule has 0 spiro atoms. The summed E-state index contributed by atoms with van der Waals surface area (Å²) < 4.78 is 4.99. The Bertz CT molecular complexity index is 197. The highest BCUT2D eigenvalue weighted by molar-refractivity contribution is 5.76. The number of likely N-dealkylation sites (tertiary alicyclic amines) is 1. The Morgan fingerprint density at radius 2 is 2.43 bits per heavy atom. The van der Waals surface area contributed by atoms with Crippen molar-refractivity contribution in [2.24, 2.45) is 11.7 Å². The van der Waals surface area contributed by atoms with Gasteiger partial charge in [-0.05, 0) is 12.3 Å². The number of carbonyl (C=O) groups is 1. The topological polar surface area (TPSA) is 55.6 Å². The van der Waals surface area contributed by atoms with Gasteiger partial charge >= 0.3 is 0 Å². The summed E-state index contributed by atoms with van der Waals surface area (Å²) in [4.78, 5) is 13.5. The van der Waals surface area contributed by atoms with Crippen LogP contribution in [0.25, 0.3) is 0 Å². The number of carbonyl (C=O) groups excluding carboxylic acids is 1. The van der Waals surface area contributed by atoms with E-state index in [1.165, 1.54) is 0 Å². The van der Waals surface area contributed by atoms with Gasteiger partial charge in [-0.1, -0.05) is 6.92 Å². The van der Waals surface area contributed by atoms with Crippen molar-refractivity contribution in [3.05, 3.63) is 0 Å². The SMILES string of the molecule is COCC(C)CC(=O)N1CC[C@H](N)C1. The number of ether oxygens (including phenoxy) is 1. The zero-order chi connectivity index (χ0) is 10.6. The normalized spacial score (nSPS) is 23.9. The van der Waals surface area contributed by atoms with Crippen LogP contribution in [-0.2, 0) is 9.53 Å². The van der Waals surface area contributed by atoms with Gasteiger partial charge < -0.3 is 15.4 Å². The number of nitrogens with two attached hydrogens (primary N) is 1. The molecular formula is C10H20N2O2. The van der Waals surface area contributed by atoms with Crippen LogP contribution < -0.4 is 5.73 Å². The molecule has 1 aliphatic rings. The highest BCUT2D eigenvalue weighted by Crippen LogP contribution is 2.12. The monoisotopic (exact) mass is 200 g/mol. The van der Waals surface area contributed by atoms with Crippen LogP contribution >= 0.6 is 0 Å². The molecule has 0 saturated carbocycles. The summed E-state index contributed by atoms with van der Waals surface area (Å²) >= 11 is 0. The van der Waals surface area contributed by atoms with E-state index in [-0.39, 0.29) is 11.9 Å². The van der Waals surface area contributed by atoms with Crippen molar-refractivity contribution in [3.8, 4) is 0 Å². The molecule has 2 atom stereocenters. The number of amides is 1. The Kier molecular flexibility index (Phi) is 4.35. The predicted octanol–water partition coefficient (Wildman–Crippen LogP) is 0.219. The van der Waals surface area contributed by atoms with Crippen molar-refractivity contribution in [2.75, 3.05) is 26.8 Å². The Morgan fingerprint density at radius 1 is 1.71 bits per heavy atom. The summed E-state index contributed by atoms with van der Waals surface area (Å²) in [6.45, 7) is 4.21. The van der Waals surface area contributed by atoms with Gasteiger partial charge in [0.15, 0.2) is 0 Å². The highest BCUT2D eigenvalue weighted by Gasteiger charge is 2.24. The molecule has 1 aliphatic heterocycles. The van der Waals surface area contributed by atoms with Gasteiger partial charge in [-0.3, -0.25) is 4.79 Å². The van der Waals surface area contributed by atoms with Gasteiger partial charge in [-0.2, -0.15) is 0 Å². The summed E-state index contributed by atoms with van der Waals surface area (Å²) in [5.41, 5.74) is 5.73. The first kappa shape index (κ1) is 11.5. The first-order valence-corrected chi connectivity index (χ1v) is 5.15. The molecule has 0 radical (unpaired) electrons. The van der Waals surface area contributed by atoms with Crippen LogP contribution in [0.1, 0.15) is 19.8 Å². The van der Waals surface area contributed by atoms with Crippen molar-refractivity contribution in [1.82, 2.24) is 4.90 Å². The molecule has 0 bridgehead atoms. The molecule has 4 nitrogen and oxygen atoms in total. The van der Waals surface area contributed by atoms with Gasteiger partial charge in [0, 0.05) is 39.3 Å². The van der Waals surface area contributed by atoms with Crippen LogP contribution in [0.15, 0.2) is 0 Å². The molecule has 0 aliphatic carbocycles. The minimum absolute atomic E-state index is 0.177. The molecule has 1 heterocycles. The van der Waals surface area contributed by atoms with Crippen LogP contribution in [0.3, 0.4) is 0 Å². The lowest BCUT2D eigenvalue weighted by Crippen LogP contribution is -2.33. The Labute approximate surface area is 85.4 Å². The molecular weight excluding hydrogens is 180 g/mol. The lowest BCUT2D eigenvalue weighted by Gasteiger charge is -2.18. The number of rotatable bonds is 4. The number of hydrogen-bond acceptors (Lipinski definition) is 3. The van der Waals surface area contributed by atoms with Crippen LogP contribution in [0, 0.1) is 5.92 Å². The first-order chi connectivity index (χ1) is 6.63. The highest BCUT2D eigenvalue weighted by atomic mass is 16.5. The molecule has 1 saturated heterocycles. The van der Waals surface area contributed by atoms with Crippen molar-refractivity contribution < 1.29 is 9.53 Å². The third kappa shape index (κ3) is 3.27. The zero-order valence-corrected chi connectivity index (χ0v) is 9.03. The van der Waals surface area contributed by atoms with Crippen LogP contribution in [-0.4, -0.2) is 43.7 Å². The van der Waals surface area contributed by atoms with Gasteiger partial charge in [0.1, 0.15) is 0 Å². The Hall–Kier alpha value is -0.610. The maximum absolute atomic E-state index is 11.7. The third-order valence-electron chi connectivity index (χ3n) is 2.55. The second-order valence-electron chi connectivity index (χ2n) is 4.15. The molecule has 1 rings (SSSR count). The summed E-state index contributed by atoms with van der Waals surface area (Å²) in [5, 5.41) is 0. The van der Waals surface area contributed by atoms with Gasteiger partial charge in [0.05, 0.1) is 0 Å². The van der Waals surface area contributed by atoms with Gasteiger partial charge in [-0.15, -0.1) is 0 Å². The molecule has 4 heteroatoms. The van der Waals surface area contributed by atoms with Crippen LogP contribution in [0.2, 0.25) is 0 Å². The zero-order valence-electron chi connectivity index (χ0n) is 9.03. The molecule has 82 valence electrons. The van der Waals surface area contributed by atoms with E-state index < -0.39 is 0 Å². The first-order valence-electron chi connectivity index (χ1n) is 5.15. The number of nitrogens with zero attached hydrogens (tertiary/aromatic N) is 1. The maximum Gasteiger partial charge on any atom is 0.222 e. The van der Waals surface area contributed by atoms with Crippen LogP contribution in [0.5, 0.6) is 0 Å². The van der Waals surface area contributed by atoms with Crippen molar-refractivity contribution in [1.29, 1.82) is 0 Å². The van der Waals surface area contributed by atoms with E-state index in [1.54, 1.807) is 7.11 Å². The fourth-order valence-electron chi connectivity index (χ4n) is 1.78. The van der Waals surface area contributed by atoms with E-state index in [0.29, 0.717) is 18.9 Å². The summed E-state index contributed by atoms with van der Waals surface area (Å²) in [5.74, 6) is 0.506. The van der Waals surface area contributed by atoms with Gasteiger partial charge in [-0.25, -0.2) is 0 Å². The van der Waals surface area contributed by atoms with Crippen molar-refractivity contribution in [3.63, 3.8) is 0 Å². The van der Waals surface area contributed by atoms with Gasteiger partial charge in [0.25, 0.3) is 0 Å². The third-order valence-corrected chi connectivity index (χ3v) is 2.55.